The molecule has 4 nitrogen and oxygen atoms in total. The third-order valence-corrected chi connectivity index (χ3v) is 4.71. The molecule has 0 unspecified atom stereocenters. The summed E-state index contributed by atoms with van der Waals surface area (Å²) in [6.45, 7) is 7.90. The van der Waals surface area contributed by atoms with E-state index >= 15 is 0 Å². The number of carbonyl (C=O) groups excluding carboxylic acids is 1. The summed E-state index contributed by atoms with van der Waals surface area (Å²) >= 11 is 0. The second kappa shape index (κ2) is 8.13. The number of rotatable bonds is 7. The lowest BCUT2D eigenvalue weighted by atomic mass is 10.0. The number of benzene rings is 1. The van der Waals surface area contributed by atoms with E-state index in [1.165, 1.54) is 17.7 Å². The molecule has 1 N–H and O–H groups in total. The maximum absolute atomic E-state index is 12.1. The van der Waals surface area contributed by atoms with E-state index in [-0.39, 0.29) is 17.2 Å². The number of carbonyl (C=O) groups is 1. The van der Waals surface area contributed by atoms with Gasteiger partial charge in [0.05, 0.1) is 4.90 Å². The number of allylic oxidation sites excluding steroid dienone is 2. The fraction of sp³-hybridized carbons (Fsp3) is 0.471. The third kappa shape index (κ3) is 6.43. The van der Waals surface area contributed by atoms with Crippen molar-refractivity contribution in [2.75, 3.05) is 0 Å². The molecule has 0 bridgehead atoms. The van der Waals surface area contributed by atoms with Gasteiger partial charge in [-0.1, -0.05) is 36.3 Å². The van der Waals surface area contributed by atoms with Gasteiger partial charge in [0.2, 0.25) is 5.91 Å². The molecule has 122 valence electrons. The summed E-state index contributed by atoms with van der Waals surface area (Å²) in [4.78, 5) is 12.0. The van der Waals surface area contributed by atoms with Crippen molar-refractivity contribution in [2.24, 2.45) is 5.92 Å². The average molecular weight is 323 g/mol. The monoisotopic (exact) mass is 323 g/mol. The molecule has 0 radical (unpaired) electrons. The molecular formula is C17H25NO3S. The molecule has 0 spiro atoms. The molecule has 0 saturated heterocycles. The van der Waals surface area contributed by atoms with Crippen molar-refractivity contribution in [3.05, 3.63) is 41.5 Å². The quantitative estimate of drug-likeness (QED) is 0.780. The first-order chi connectivity index (χ1) is 10.2. The Labute approximate surface area is 133 Å². The highest BCUT2D eigenvalue weighted by Gasteiger charge is 2.18. The fourth-order valence-electron chi connectivity index (χ4n) is 2.04. The lowest BCUT2D eigenvalue weighted by molar-refractivity contribution is -0.120. The van der Waals surface area contributed by atoms with Crippen LogP contribution in [0, 0.1) is 12.8 Å². The van der Waals surface area contributed by atoms with Gasteiger partial charge >= 0.3 is 0 Å². The topological polar surface area (TPSA) is 63.2 Å². The molecule has 0 fully saturated rings. The molecule has 0 aliphatic heterocycles. The summed E-state index contributed by atoms with van der Waals surface area (Å²) in [6, 6.07) is 6.43. The Kier molecular flexibility index (Phi) is 6.81. The van der Waals surface area contributed by atoms with Crippen molar-refractivity contribution in [2.45, 2.75) is 51.9 Å². The summed E-state index contributed by atoms with van der Waals surface area (Å²) in [5.74, 6) is -0.311. The van der Waals surface area contributed by atoms with Gasteiger partial charge in [0.1, 0.15) is 0 Å². The number of amides is 1. The van der Waals surface area contributed by atoms with Crippen LogP contribution in [0.3, 0.4) is 0 Å². The highest BCUT2D eigenvalue weighted by atomic mass is 32.2. The zero-order chi connectivity index (χ0) is 16.8. The smallest absolute Gasteiger partial charge is 0.264 e. The van der Waals surface area contributed by atoms with Crippen molar-refractivity contribution in [1.82, 2.24) is 4.72 Å². The third-order valence-electron chi connectivity index (χ3n) is 3.33. The molecule has 1 aromatic carbocycles. The van der Waals surface area contributed by atoms with Crippen LogP contribution < -0.4 is 4.72 Å². The van der Waals surface area contributed by atoms with Crippen molar-refractivity contribution in [3.63, 3.8) is 0 Å². The number of nitrogens with one attached hydrogen (secondary N) is 1. The van der Waals surface area contributed by atoms with Gasteiger partial charge in [0.25, 0.3) is 10.0 Å². The number of hydrogen-bond donors (Lipinski definition) is 1. The molecule has 0 aliphatic rings. The van der Waals surface area contributed by atoms with Crippen molar-refractivity contribution >= 4 is 15.9 Å². The molecule has 22 heavy (non-hydrogen) atoms. The Hall–Kier alpha value is -1.62. The van der Waals surface area contributed by atoms with Crippen molar-refractivity contribution in [3.8, 4) is 0 Å². The summed E-state index contributed by atoms with van der Waals surface area (Å²) in [7, 11) is -3.77. The molecule has 0 aliphatic carbocycles. The summed E-state index contributed by atoms with van der Waals surface area (Å²) in [6.07, 6.45) is 4.10. The molecule has 0 heterocycles. The standard InChI is InChI=1S/C17H25NO3S/c1-13(2)6-5-7-15(4)12-17(19)18-22(20,21)16-10-8-14(3)9-11-16/h6,8-11,15H,5,7,12H2,1-4H3,(H,18,19)/t15-/m1/s1. The Balaban J connectivity index is 2.56. The minimum absolute atomic E-state index is 0.114. The average Bonchev–Trinajstić information content (AvgIpc) is 2.37. The Morgan fingerprint density at radius 2 is 1.82 bits per heavy atom. The van der Waals surface area contributed by atoms with E-state index in [2.05, 4.69) is 10.8 Å². The van der Waals surface area contributed by atoms with Gasteiger partial charge in [-0.25, -0.2) is 13.1 Å². The maximum atomic E-state index is 12.1. The van der Waals surface area contributed by atoms with E-state index in [1.54, 1.807) is 12.1 Å². The molecule has 0 aromatic heterocycles. The molecule has 5 heteroatoms. The number of hydrogen-bond acceptors (Lipinski definition) is 3. The van der Waals surface area contributed by atoms with Crippen molar-refractivity contribution in [1.29, 1.82) is 0 Å². The summed E-state index contributed by atoms with van der Waals surface area (Å²) in [5.41, 5.74) is 2.22. The first-order valence-electron chi connectivity index (χ1n) is 7.46. The van der Waals surface area contributed by atoms with Crippen LogP contribution in [-0.4, -0.2) is 14.3 Å². The Morgan fingerprint density at radius 3 is 2.36 bits per heavy atom. The van der Waals surface area contributed by atoms with Crippen LogP contribution in [0.2, 0.25) is 0 Å². The van der Waals surface area contributed by atoms with Gasteiger partial charge < -0.3 is 0 Å². The van der Waals surface area contributed by atoms with E-state index in [4.69, 9.17) is 0 Å². The molecule has 1 atom stereocenters. The van der Waals surface area contributed by atoms with Gasteiger partial charge in [-0.15, -0.1) is 0 Å². The minimum atomic E-state index is -3.77. The van der Waals surface area contributed by atoms with Crippen LogP contribution in [0.15, 0.2) is 40.8 Å². The first kappa shape index (κ1) is 18.4. The van der Waals surface area contributed by atoms with Gasteiger partial charge in [0.15, 0.2) is 0 Å². The van der Waals surface area contributed by atoms with Gasteiger partial charge in [-0.3, -0.25) is 4.79 Å². The molecule has 1 amide bonds. The molecular weight excluding hydrogens is 298 g/mol. The Bertz CT molecular complexity index is 626. The van der Waals surface area contributed by atoms with Gasteiger partial charge in [-0.2, -0.15) is 0 Å². The van der Waals surface area contributed by atoms with Crippen LogP contribution in [-0.2, 0) is 14.8 Å². The Morgan fingerprint density at radius 1 is 1.23 bits per heavy atom. The van der Waals surface area contributed by atoms with Crippen LogP contribution in [0.5, 0.6) is 0 Å². The van der Waals surface area contributed by atoms with Crippen LogP contribution in [0.25, 0.3) is 0 Å². The van der Waals surface area contributed by atoms with Crippen LogP contribution >= 0.6 is 0 Å². The number of aryl methyl sites for hydroxylation is 1. The number of sulfonamides is 1. The summed E-state index contributed by atoms with van der Waals surface area (Å²) < 4.78 is 26.3. The molecule has 0 saturated carbocycles. The zero-order valence-corrected chi connectivity index (χ0v) is 14.5. The SMILES string of the molecule is CC(C)=CCC[C@@H](C)CC(=O)NS(=O)(=O)c1ccc(C)cc1. The van der Waals surface area contributed by atoms with E-state index in [0.717, 1.165) is 18.4 Å². The summed E-state index contributed by atoms with van der Waals surface area (Å²) in [5, 5.41) is 0. The minimum Gasteiger partial charge on any atom is -0.274 e. The predicted molar refractivity (Wildman–Crippen MR) is 89.0 cm³/mol. The first-order valence-corrected chi connectivity index (χ1v) is 8.94. The molecule has 1 aromatic rings. The van der Waals surface area contributed by atoms with E-state index in [1.807, 2.05) is 27.7 Å². The lowest BCUT2D eigenvalue weighted by Gasteiger charge is -2.11. The van der Waals surface area contributed by atoms with E-state index in [9.17, 15) is 13.2 Å². The second-order valence-electron chi connectivity index (χ2n) is 6.01. The van der Waals surface area contributed by atoms with Gasteiger partial charge in [0, 0.05) is 6.42 Å². The van der Waals surface area contributed by atoms with E-state index < -0.39 is 15.9 Å². The van der Waals surface area contributed by atoms with Gasteiger partial charge in [-0.05, 0) is 51.7 Å². The zero-order valence-electron chi connectivity index (χ0n) is 13.7. The lowest BCUT2D eigenvalue weighted by Crippen LogP contribution is -2.31. The van der Waals surface area contributed by atoms with Crippen LogP contribution in [0.4, 0.5) is 0 Å². The highest BCUT2D eigenvalue weighted by Crippen LogP contribution is 2.14. The van der Waals surface area contributed by atoms with Crippen molar-refractivity contribution < 1.29 is 13.2 Å². The second-order valence-corrected chi connectivity index (χ2v) is 7.69. The normalized spacial score (nSPS) is 12.5. The maximum Gasteiger partial charge on any atom is 0.264 e. The largest absolute Gasteiger partial charge is 0.274 e. The van der Waals surface area contributed by atoms with Crippen LogP contribution in [0.1, 0.15) is 45.6 Å². The molecule has 1 rings (SSSR count). The fourth-order valence-corrected chi connectivity index (χ4v) is 3.04. The van der Waals surface area contributed by atoms with E-state index in [0.29, 0.717) is 0 Å². The predicted octanol–water partition coefficient (Wildman–Crippen LogP) is 3.57. The highest BCUT2D eigenvalue weighted by molar-refractivity contribution is 7.90.